The summed E-state index contributed by atoms with van der Waals surface area (Å²) in [6, 6.07) is 7.45. The van der Waals surface area contributed by atoms with Gasteiger partial charge in [-0.05, 0) is 24.5 Å². The molecule has 1 unspecified atom stereocenters. The lowest BCUT2D eigenvalue weighted by atomic mass is 9.91. The number of hydrogen-bond donors (Lipinski definition) is 1. The van der Waals surface area contributed by atoms with E-state index in [1.807, 2.05) is 18.2 Å². The molecular weight excluding hydrogens is 266 g/mol. The third kappa shape index (κ3) is 2.19. The SMILES string of the molecule is OC(CCl)(Cc1ccccc1Cl)C1(Cl)CC1. The van der Waals surface area contributed by atoms with Crippen LogP contribution in [-0.2, 0) is 6.42 Å². The summed E-state index contributed by atoms with van der Waals surface area (Å²) < 4.78 is 0. The smallest absolute Gasteiger partial charge is 0.101 e. The fraction of sp³-hybridized carbons (Fsp3) is 0.500. The van der Waals surface area contributed by atoms with Crippen molar-refractivity contribution in [2.24, 2.45) is 0 Å². The molecule has 1 aromatic rings. The van der Waals surface area contributed by atoms with Crippen molar-refractivity contribution in [3.05, 3.63) is 34.9 Å². The second kappa shape index (κ2) is 4.38. The van der Waals surface area contributed by atoms with Crippen LogP contribution in [0.15, 0.2) is 24.3 Å². The molecule has 16 heavy (non-hydrogen) atoms. The first-order valence-electron chi connectivity index (χ1n) is 5.21. The van der Waals surface area contributed by atoms with Gasteiger partial charge in [0.2, 0.25) is 0 Å². The number of alkyl halides is 2. The molecule has 1 aromatic carbocycles. The van der Waals surface area contributed by atoms with Gasteiger partial charge in [0.15, 0.2) is 0 Å². The van der Waals surface area contributed by atoms with Crippen molar-refractivity contribution in [3.63, 3.8) is 0 Å². The molecule has 0 aromatic heterocycles. The fourth-order valence-corrected chi connectivity index (χ4v) is 2.71. The van der Waals surface area contributed by atoms with Crippen LogP contribution in [0.1, 0.15) is 18.4 Å². The first-order valence-corrected chi connectivity index (χ1v) is 6.50. The van der Waals surface area contributed by atoms with Crippen molar-refractivity contribution >= 4 is 34.8 Å². The van der Waals surface area contributed by atoms with Gasteiger partial charge in [0.1, 0.15) is 5.60 Å². The van der Waals surface area contributed by atoms with Crippen LogP contribution in [-0.4, -0.2) is 21.5 Å². The van der Waals surface area contributed by atoms with E-state index in [-0.39, 0.29) is 5.88 Å². The summed E-state index contributed by atoms with van der Waals surface area (Å²) in [6.45, 7) is 0. The molecule has 1 atom stereocenters. The van der Waals surface area contributed by atoms with E-state index >= 15 is 0 Å². The molecule has 2 rings (SSSR count). The van der Waals surface area contributed by atoms with E-state index in [1.165, 1.54) is 0 Å². The lowest BCUT2D eigenvalue weighted by Crippen LogP contribution is -2.45. The Morgan fingerprint density at radius 3 is 2.44 bits per heavy atom. The van der Waals surface area contributed by atoms with Crippen LogP contribution in [0.25, 0.3) is 0 Å². The van der Waals surface area contributed by atoms with E-state index in [1.54, 1.807) is 6.07 Å². The summed E-state index contributed by atoms with van der Waals surface area (Å²) in [5.41, 5.74) is -0.180. The molecule has 1 nitrogen and oxygen atoms in total. The van der Waals surface area contributed by atoms with E-state index in [0.717, 1.165) is 18.4 Å². The van der Waals surface area contributed by atoms with Crippen LogP contribution < -0.4 is 0 Å². The molecule has 1 aliphatic carbocycles. The van der Waals surface area contributed by atoms with Crippen LogP contribution in [0.2, 0.25) is 5.02 Å². The van der Waals surface area contributed by atoms with Crippen molar-refractivity contribution in [1.29, 1.82) is 0 Å². The lowest BCUT2D eigenvalue weighted by molar-refractivity contribution is 0.0514. The van der Waals surface area contributed by atoms with Crippen LogP contribution in [0.5, 0.6) is 0 Å². The molecule has 0 bridgehead atoms. The average molecular weight is 280 g/mol. The Labute approximate surface area is 110 Å². The first kappa shape index (κ1) is 12.5. The van der Waals surface area contributed by atoms with Gasteiger partial charge in [-0.3, -0.25) is 0 Å². The zero-order chi connectivity index (χ0) is 11.8. The van der Waals surface area contributed by atoms with Gasteiger partial charge >= 0.3 is 0 Å². The zero-order valence-electron chi connectivity index (χ0n) is 8.72. The van der Waals surface area contributed by atoms with Gasteiger partial charge in [-0.15, -0.1) is 23.2 Å². The van der Waals surface area contributed by atoms with Gasteiger partial charge < -0.3 is 5.11 Å². The molecule has 0 heterocycles. The molecule has 1 N–H and O–H groups in total. The Kier molecular flexibility index (Phi) is 3.42. The molecule has 1 saturated carbocycles. The third-order valence-electron chi connectivity index (χ3n) is 3.18. The number of aliphatic hydroxyl groups is 1. The largest absolute Gasteiger partial charge is 0.386 e. The normalized spacial score (nSPS) is 21.5. The predicted octanol–water partition coefficient (Wildman–Crippen LogP) is 3.62. The molecule has 0 radical (unpaired) electrons. The Bertz CT molecular complexity index is 390. The van der Waals surface area contributed by atoms with Crippen molar-refractivity contribution in [2.45, 2.75) is 29.7 Å². The van der Waals surface area contributed by atoms with E-state index in [9.17, 15) is 5.11 Å². The highest BCUT2D eigenvalue weighted by molar-refractivity contribution is 6.31. The molecule has 0 saturated heterocycles. The van der Waals surface area contributed by atoms with Gasteiger partial charge in [-0.1, -0.05) is 29.8 Å². The molecule has 1 fully saturated rings. The molecule has 1 aliphatic rings. The number of halogens is 3. The Balaban J connectivity index is 2.22. The van der Waals surface area contributed by atoms with E-state index in [2.05, 4.69) is 0 Å². The zero-order valence-corrected chi connectivity index (χ0v) is 11.0. The second-order valence-electron chi connectivity index (χ2n) is 4.40. The highest BCUT2D eigenvalue weighted by Gasteiger charge is 2.57. The highest BCUT2D eigenvalue weighted by atomic mass is 35.5. The summed E-state index contributed by atoms with van der Waals surface area (Å²) in [7, 11) is 0. The minimum atomic E-state index is -1.07. The Hall–Kier alpha value is 0.0500. The van der Waals surface area contributed by atoms with Gasteiger partial charge in [0.05, 0.1) is 10.8 Å². The van der Waals surface area contributed by atoms with Crippen LogP contribution in [0, 0.1) is 0 Å². The number of rotatable bonds is 4. The van der Waals surface area contributed by atoms with E-state index < -0.39 is 10.5 Å². The summed E-state index contributed by atoms with van der Waals surface area (Å²) in [6.07, 6.45) is 2.02. The highest BCUT2D eigenvalue weighted by Crippen LogP contribution is 2.52. The topological polar surface area (TPSA) is 20.2 Å². The van der Waals surface area contributed by atoms with Gasteiger partial charge in [0, 0.05) is 11.4 Å². The molecular formula is C12H13Cl3O. The summed E-state index contributed by atoms with van der Waals surface area (Å²) >= 11 is 18.2. The van der Waals surface area contributed by atoms with E-state index in [0.29, 0.717) is 11.4 Å². The summed E-state index contributed by atoms with van der Waals surface area (Å²) in [4.78, 5) is -0.562. The second-order valence-corrected chi connectivity index (χ2v) is 5.80. The Morgan fingerprint density at radius 1 is 1.31 bits per heavy atom. The molecule has 0 amide bonds. The minimum Gasteiger partial charge on any atom is -0.386 e. The van der Waals surface area contributed by atoms with Crippen molar-refractivity contribution in [1.82, 2.24) is 0 Å². The lowest BCUT2D eigenvalue weighted by Gasteiger charge is -2.31. The standard InChI is InChI=1S/C12H13Cl3O/c13-8-12(16,11(15)5-6-11)7-9-3-1-2-4-10(9)14/h1-4,16H,5-8H2. The number of benzene rings is 1. The minimum absolute atomic E-state index is 0.127. The molecule has 4 heteroatoms. The quantitative estimate of drug-likeness (QED) is 0.835. The van der Waals surface area contributed by atoms with Crippen LogP contribution >= 0.6 is 34.8 Å². The molecule has 0 spiro atoms. The molecule has 88 valence electrons. The maximum Gasteiger partial charge on any atom is 0.101 e. The van der Waals surface area contributed by atoms with Crippen molar-refractivity contribution in [2.75, 3.05) is 5.88 Å². The predicted molar refractivity (Wildman–Crippen MR) is 68.6 cm³/mol. The van der Waals surface area contributed by atoms with Gasteiger partial charge in [0.25, 0.3) is 0 Å². The van der Waals surface area contributed by atoms with Gasteiger partial charge in [-0.2, -0.15) is 0 Å². The third-order valence-corrected chi connectivity index (χ3v) is 4.73. The first-order chi connectivity index (χ1) is 7.51. The van der Waals surface area contributed by atoms with Crippen LogP contribution in [0.4, 0.5) is 0 Å². The number of hydrogen-bond acceptors (Lipinski definition) is 1. The maximum absolute atomic E-state index is 10.5. The van der Waals surface area contributed by atoms with Gasteiger partial charge in [-0.25, -0.2) is 0 Å². The fourth-order valence-electron chi connectivity index (χ4n) is 1.86. The van der Waals surface area contributed by atoms with Crippen LogP contribution in [0.3, 0.4) is 0 Å². The monoisotopic (exact) mass is 278 g/mol. The van der Waals surface area contributed by atoms with Crippen molar-refractivity contribution in [3.8, 4) is 0 Å². The van der Waals surface area contributed by atoms with Crippen molar-refractivity contribution < 1.29 is 5.11 Å². The Morgan fingerprint density at radius 2 is 1.94 bits per heavy atom. The summed E-state index contributed by atoms with van der Waals surface area (Å²) in [5, 5.41) is 11.1. The average Bonchev–Trinajstić information content (AvgIpc) is 3.01. The maximum atomic E-state index is 10.5. The van der Waals surface area contributed by atoms with E-state index in [4.69, 9.17) is 34.8 Å². The summed E-state index contributed by atoms with van der Waals surface area (Å²) in [5.74, 6) is 0.127. The molecule has 0 aliphatic heterocycles.